The van der Waals surface area contributed by atoms with Gasteiger partial charge in [0, 0.05) is 13.6 Å². The van der Waals surface area contributed by atoms with Gasteiger partial charge < -0.3 is 19.3 Å². The highest BCUT2D eigenvalue weighted by Gasteiger charge is 2.38. The lowest BCUT2D eigenvalue weighted by molar-refractivity contribution is -0.0465. The third-order valence-electron chi connectivity index (χ3n) is 4.39. The molecule has 130 valence electrons. The number of rotatable bonds is 1. The minimum atomic E-state index is -1.06. The SMILES string of the molecule is Cn1cnc2ccc(C3(O)CCCN(C(=O)OC(C)(C)C)C3)cc21. The van der Waals surface area contributed by atoms with Crippen LogP contribution < -0.4 is 0 Å². The molecule has 1 aliphatic heterocycles. The van der Waals surface area contributed by atoms with Crippen molar-refractivity contribution in [3.05, 3.63) is 30.1 Å². The number of β-amino-alcohol motifs (C(OH)–C–C–N with tert-alkyl or cyclic N) is 1. The monoisotopic (exact) mass is 331 g/mol. The molecule has 0 bridgehead atoms. The number of hydrogen-bond donors (Lipinski definition) is 1. The summed E-state index contributed by atoms with van der Waals surface area (Å²) in [5.41, 5.74) is 1.07. The molecule has 1 aliphatic rings. The number of nitrogens with zero attached hydrogens (tertiary/aromatic N) is 3. The van der Waals surface area contributed by atoms with Crippen LogP contribution in [0.3, 0.4) is 0 Å². The number of hydrogen-bond acceptors (Lipinski definition) is 4. The maximum atomic E-state index is 12.3. The van der Waals surface area contributed by atoms with Crippen molar-refractivity contribution in [3.63, 3.8) is 0 Å². The zero-order valence-electron chi connectivity index (χ0n) is 14.7. The number of piperidine rings is 1. The Morgan fingerprint density at radius 2 is 2.12 bits per heavy atom. The maximum absolute atomic E-state index is 12.3. The van der Waals surface area contributed by atoms with Crippen LogP contribution >= 0.6 is 0 Å². The van der Waals surface area contributed by atoms with Crippen LogP contribution in [-0.2, 0) is 17.4 Å². The maximum Gasteiger partial charge on any atom is 0.410 e. The van der Waals surface area contributed by atoms with E-state index in [1.54, 1.807) is 11.2 Å². The number of benzene rings is 1. The Bertz CT molecular complexity index is 762. The molecule has 6 nitrogen and oxygen atoms in total. The largest absolute Gasteiger partial charge is 0.444 e. The van der Waals surface area contributed by atoms with Gasteiger partial charge in [-0.3, -0.25) is 0 Å². The summed E-state index contributed by atoms with van der Waals surface area (Å²) >= 11 is 0. The van der Waals surface area contributed by atoms with Gasteiger partial charge in [0.25, 0.3) is 0 Å². The lowest BCUT2D eigenvalue weighted by Crippen LogP contribution is -2.49. The van der Waals surface area contributed by atoms with Gasteiger partial charge in [-0.15, -0.1) is 0 Å². The van der Waals surface area contributed by atoms with E-state index in [9.17, 15) is 9.90 Å². The van der Waals surface area contributed by atoms with Crippen LogP contribution in [0.4, 0.5) is 4.79 Å². The normalized spacial score (nSPS) is 22.0. The summed E-state index contributed by atoms with van der Waals surface area (Å²) in [5, 5.41) is 11.2. The molecule has 2 heterocycles. The molecule has 1 aromatic heterocycles. The van der Waals surface area contributed by atoms with Crippen LogP contribution in [0.2, 0.25) is 0 Å². The zero-order valence-corrected chi connectivity index (χ0v) is 14.7. The summed E-state index contributed by atoms with van der Waals surface area (Å²) in [5.74, 6) is 0. The number of aryl methyl sites for hydroxylation is 1. The highest BCUT2D eigenvalue weighted by Crippen LogP contribution is 2.33. The summed E-state index contributed by atoms with van der Waals surface area (Å²) < 4.78 is 7.37. The molecular formula is C18H25N3O3. The van der Waals surface area contributed by atoms with Crippen LogP contribution in [-0.4, -0.2) is 44.3 Å². The highest BCUT2D eigenvalue weighted by atomic mass is 16.6. The van der Waals surface area contributed by atoms with Gasteiger partial charge in [-0.05, 0) is 51.3 Å². The predicted molar refractivity (Wildman–Crippen MR) is 91.7 cm³/mol. The first-order valence-electron chi connectivity index (χ1n) is 8.30. The first-order valence-corrected chi connectivity index (χ1v) is 8.30. The van der Waals surface area contributed by atoms with E-state index in [-0.39, 0.29) is 12.6 Å². The van der Waals surface area contributed by atoms with Crippen LogP contribution in [0.5, 0.6) is 0 Å². The Labute approximate surface area is 142 Å². The second-order valence-corrected chi connectivity index (χ2v) is 7.60. The third-order valence-corrected chi connectivity index (χ3v) is 4.39. The second-order valence-electron chi connectivity index (χ2n) is 7.60. The van der Waals surface area contributed by atoms with Crippen molar-refractivity contribution in [2.75, 3.05) is 13.1 Å². The number of ether oxygens (including phenoxy) is 1. The fraction of sp³-hybridized carbons (Fsp3) is 0.556. The quantitative estimate of drug-likeness (QED) is 0.872. The third kappa shape index (κ3) is 3.24. The van der Waals surface area contributed by atoms with Gasteiger partial charge in [0.1, 0.15) is 11.2 Å². The van der Waals surface area contributed by atoms with E-state index < -0.39 is 11.2 Å². The van der Waals surface area contributed by atoms with E-state index in [0.29, 0.717) is 13.0 Å². The average Bonchev–Trinajstić information content (AvgIpc) is 2.87. The lowest BCUT2D eigenvalue weighted by atomic mass is 9.85. The molecule has 0 spiro atoms. The Balaban J connectivity index is 1.85. The summed E-state index contributed by atoms with van der Waals surface area (Å²) in [6.07, 6.45) is 2.74. The number of aromatic nitrogens is 2. The van der Waals surface area contributed by atoms with E-state index in [1.807, 2.05) is 50.6 Å². The smallest absolute Gasteiger partial charge is 0.410 e. The molecule has 1 amide bonds. The van der Waals surface area contributed by atoms with E-state index in [2.05, 4.69) is 4.98 Å². The van der Waals surface area contributed by atoms with E-state index in [0.717, 1.165) is 23.0 Å². The molecule has 1 unspecified atom stereocenters. The van der Waals surface area contributed by atoms with Gasteiger partial charge in [0.15, 0.2) is 0 Å². The molecule has 1 aromatic carbocycles. The number of carbonyl (C=O) groups excluding carboxylic acids is 1. The molecule has 1 fully saturated rings. The van der Waals surface area contributed by atoms with E-state index in [4.69, 9.17) is 4.74 Å². The van der Waals surface area contributed by atoms with E-state index in [1.165, 1.54) is 0 Å². The number of amides is 1. The van der Waals surface area contributed by atoms with Crippen molar-refractivity contribution in [1.29, 1.82) is 0 Å². The molecule has 1 saturated heterocycles. The van der Waals surface area contributed by atoms with Crippen molar-refractivity contribution >= 4 is 17.1 Å². The second kappa shape index (κ2) is 5.77. The molecular weight excluding hydrogens is 306 g/mol. The van der Waals surface area contributed by atoms with Gasteiger partial charge in [-0.25, -0.2) is 9.78 Å². The molecule has 6 heteroatoms. The predicted octanol–water partition coefficient (Wildman–Crippen LogP) is 2.79. The van der Waals surface area contributed by atoms with Crippen molar-refractivity contribution < 1.29 is 14.6 Å². The molecule has 3 rings (SSSR count). The zero-order chi connectivity index (χ0) is 17.5. The molecule has 0 saturated carbocycles. The van der Waals surface area contributed by atoms with Crippen molar-refractivity contribution in [2.24, 2.45) is 7.05 Å². The number of imidazole rings is 1. The van der Waals surface area contributed by atoms with Gasteiger partial charge in [0.05, 0.1) is 23.9 Å². The van der Waals surface area contributed by atoms with Gasteiger partial charge >= 0.3 is 6.09 Å². The fourth-order valence-electron chi connectivity index (χ4n) is 3.17. The number of fused-ring (bicyclic) bond motifs is 1. The highest BCUT2D eigenvalue weighted by molar-refractivity contribution is 5.76. The number of carbonyl (C=O) groups is 1. The average molecular weight is 331 g/mol. The van der Waals surface area contributed by atoms with Crippen molar-refractivity contribution in [3.8, 4) is 0 Å². The Kier molecular flexibility index (Phi) is 4.03. The Morgan fingerprint density at radius 3 is 2.83 bits per heavy atom. The molecule has 1 atom stereocenters. The Morgan fingerprint density at radius 1 is 1.38 bits per heavy atom. The Hall–Kier alpha value is -2.08. The minimum absolute atomic E-state index is 0.241. The lowest BCUT2D eigenvalue weighted by Gasteiger charge is -2.40. The summed E-state index contributed by atoms with van der Waals surface area (Å²) in [7, 11) is 1.93. The standard InChI is InChI=1S/C18H25N3O3/c1-17(2,3)24-16(22)21-9-5-8-18(23,11-21)13-6-7-14-15(10-13)20(4)12-19-14/h6-7,10,12,23H,5,8-9,11H2,1-4H3. The minimum Gasteiger partial charge on any atom is -0.444 e. The molecule has 1 N–H and O–H groups in total. The number of likely N-dealkylation sites (tertiary alicyclic amines) is 1. The molecule has 0 aliphatic carbocycles. The molecule has 2 aromatic rings. The van der Waals surface area contributed by atoms with Crippen LogP contribution in [0.1, 0.15) is 39.2 Å². The van der Waals surface area contributed by atoms with Gasteiger partial charge in [-0.2, -0.15) is 0 Å². The van der Waals surface area contributed by atoms with Crippen molar-refractivity contribution in [1.82, 2.24) is 14.5 Å². The first-order chi connectivity index (χ1) is 11.2. The van der Waals surface area contributed by atoms with E-state index >= 15 is 0 Å². The number of aliphatic hydroxyl groups is 1. The summed E-state index contributed by atoms with van der Waals surface area (Å²) in [6.45, 7) is 6.38. The molecule has 24 heavy (non-hydrogen) atoms. The van der Waals surface area contributed by atoms with Gasteiger partial charge in [0.2, 0.25) is 0 Å². The first kappa shape index (κ1) is 16.8. The summed E-state index contributed by atoms with van der Waals surface area (Å²) in [6, 6.07) is 5.77. The fourth-order valence-corrected chi connectivity index (χ4v) is 3.17. The van der Waals surface area contributed by atoms with Gasteiger partial charge in [-0.1, -0.05) is 6.07 Å². The topological polar surface area (TPSA) is 67.6 Å². The van der Waals surface area contributed by atoms with Crippen LogP contribution in [0.25, 0.3) is 11.0 Å². The van der Waals surface area contributed by atoms with Crippen LogP contribution in [0.15, 0.2) is 24.5 Å². The van der Waals surface area contributed by atoms with Crippen LogP contribution in [0, 0.1) is 0 Å². The van der Waals surface area contributed by atoms with Crippen molar-refractivity contribution in [2.45, 2.75) is 44.8 Å². The summed E-state index contributed by atoms with van der Waals surface area (Å²) in [4.78, 5) is 18.2. The molecule has 0 radical (unpaired) electrons.